The third-order valence-corrected chi connectivity index (χ3v) is 5.54. The molecule has 4 rings (SSSR count). The molecule has 2 heterocycles. The highest BCUT2D eigenvalue weighted by atomic mass is 35.5. The molecule has 0 spiro atoms. The Labute approximate surface area is 191 Å². The van der Waals surface area contributed by atoms with Gasteiger partial charge in [0.2, 0.25) is 5.91 Å². The summed E-state index contributed by atoms with van der Waals surface area (Å²) in [6.45, 7) is 0. The Morgan fingerprint density at radius 2 is 1.97 bits per heavy atom. The van der Waals surface area contributed by atoms with Gasteiger partial charge in [0.1, 0.15) is 11.5 Å². The SMILES string of the molecule is COc1ccc(OC)c(NC(=O)CCCc2c(-c3ccccn3)[nH]c3ccc(Cl)cc23)c1. The van der Waals surface area contributed by atoms with Crippen molar-refractivity contribution >= 4 is 34.1 Å². The highest BCUT2D eigenvalue weighted by molar-refractivity contribution is 6.31. The van der Waals surface area contributed by atoms with Crippen LogP contribution in [0.25, 0.3) is 22.3 Å². The molecule has 32 heavy (non-hydrogen) atoms. The molecule has 0 aliphatic rings. The molecule has 0 aliphatic heterocycles. The number of hydrogen-bond donors (Lipinski definition) is 2. The van der Waals surface area contributed by atoms with Crippen molar-refractivity contribution in [1.82, 2.24) is 9.97 Å². The van der Waals surface area contributed by atoms with Crippen LogP contribution in [0.2, 0.25) is 5.02 Å². The van der Waals surface area contributed by atoms with E-state index in [1.165, 1.54) is 0 Å². The van der Waals surface area contributed by atoms with E-state index in [9.17, 15) is 4.79 Å². The Hall–Kier alpha value is -3.51. The van der Waals surface area contributed by atoms with E-state index in [1.807, 2.05) is 36.4 Å². The zero-order chi connectivity index (χ0) is 22.5. The van der Waals surface area contributed by atoms with Crippen LogP contribution in [0.15, 0.2) is 60.8 Å². The first kappa shape index (κ1) is 21.7. The molecular formula is C25H24ClN3O3. The average Bonchev–Trinajstić information content (AvgIpc) is 3.17. The number of anilines is 1. The summed E-state index contributed by atoms with van der Waals surface area (Å²) < 4.78 is 10.6. The van der Waals surface area contributed by atoms with Gasteiger partial charge in [-0.05, 0) is 60.9 Å². The maximum absolute atomic E-state index is 12.6. The van der Waals surface area contributed by atoms with E-state index in [4.69, 9.17) is 21.1 Å². The van der Waals surface area contributed by atoms with Crippen molar-refractivity contribution in [2.24, 2.45) is 0 Å². The maximum atomic E-state index is 12.6. The Morgan fingerprint density at radius 1 is 1.09 bits per heavy atom. The van der Waals surface area contributed by atoms with Crippen LogP contribution in [0.3, 0.4) is 0 Å². The lowest BCUT2D eigenvalue weighted by Crippen LogP contribution is -2.12. The van der Waals surface area contributed by atoms with Gasteiger partial charge < -0.3 is 19.8 Å². The van der Waals surface area contributed by atoms with Crippen LogP contribution >= 0.6 is 11.6 Å². The molecule has 2 aromatic heterocycles. The molecule has 0 bridgehead atoms. The number of aromatic nitrogens is 2. The van der Waals surface area contributed by atoms with Crippen molar-refractivity contribution in [3.05, 3.63) is 71.4 Å². The van der Waals surface area contributed by atoms with Gasteiger partial charge in [0, 0.05) is 34.6 Å². The summed E-state index contributed by atoms with van der Waals surface area (Å²) in [5.74, 6) is 1.15. The lowest BCUT2D eigenvalue weighted by atomic mass is 10.0. The van der Waals surface area contributed by atoms with Gasteiger partial charge in [-0.1, -0.05) is 17.7 Å². The van der Waals surface area contributed by atoms with E-state index in [0.29, 0.717) is 41.5 Å². The van der Waals surface area contributed by atoms with Crippen LogP contribution in [-0.4, -0.2) is 30.1 Å². The number of benzene rings is 2. The number of methoxy groups -OCH3 is 2. The molecule has 164 valence electrons. The van der Waals surface area contributed by atoms with Crippen LogP contribution in [0.1, 0.15) is 18.4 Å². The number of fused-ring (bicyclic) bond motifs is 1. The van der Waals surface area contributed by atoms with Crippen molar-refractivity contribution in [3.63, 3.8) is 0 Å². The minimum Gasteiger partial charge on any atom is -0.497 e. The lowest BCUT2D eigenvalue weighted by molar-refractivity contribution is -0.116. The minimum absolute atomic E-state index is 0.0891. The summed E-state index contributed by atoms with van der Waals surface area (Å²) >= 11 is 6.26. The summed E-state index contributed by atoms with van der Waals surface area (Å²) in [5, 5.41) is 4.65. The zero-order valence-electron chi connectivity index (χ0n) is 17.9. The van der Waals surface area contributed by atoms with Crippen molar-refractivity contribution in [2.75, 3.05) is 19.5 Å². The molecule has 7 heteroatoms. The summed E-state index contributed by atoms with van der Waals surface area (Å²) in [7, 11) is 3.15. The highest BCUT2D eigenvalue weighted by Gasteiger charge is 2.15. The summed E-state index contributed by atoms with van der Waals surface area (Å²) in [6.07, 6.45) is 3.49. The number of carbonyl (C=O) groups excluding carboxylic acids is 1. The van der Waals surface area contributed by atoms with E-state index in [2.05, 4.69) is 15.3 Å². The molecule has 0 aliphatic carbocycles. The predicted molar refractivity (Wildman–Crippen MR) is 128 cm³/mol. The van der Waals surface area contributed by atoms with Gasteiger partial charge in [0.05, 0.1) is 31.3 Å². The molecule has 6 nitrogen and oxygen atoms in total. The summed E-state index contributed by atoms with van der Waals surface area (Å²) in [5.41, 5.74) is 4.51. The van der Waals surface area contributed by atoms with Crippen LogP contribution in [0, 0.1) is 0 Å². The second-order valence-corrected chi connectivity index (χ2v) is 7.79. The molecule has 0 atom stereocenters. The maximum Gasteiger partial charge on any atom is 0.224 e. The van der Waals surface area contributed by atoms with Crippen LogP contribution in [0.5, 0.6) is 11.5 Å². The number of ether oxygens (including phenoxy) is 2. The number of pyridine rings is 1. The fraction of sp³-hybridized carbons (Fsp3) is 0.200. The predicted octanol–water partition coefficient (Wildman–Crippen LogP) is 5.86. The Kier molecular flexibility index (Phi) is 6.61. The second-order valence-electron chi connectivity index (χ2n) is 7.35. The fourth-order valence-corrected chi connectivity index (χ4v) is 3.93. The first-order valence-electron chi connectivity index (χ1n) is 10.3. The highest BCUT2D eigenvalue weighted by Crippen LogP contribution is 2.33. The third kappa shape index (κ3) is 4.70. The summed E-state index contributed by atoms with van der Waals surface area (Å²) in [6, 6.07) is 16.9. The Morgan fingerprint density at radius 3 is 2.72 bits per heavy atom. The van der Waals surface area contributed by atoms with Crippen LogP contribution in [0.4, 0.5) is 5.69 Å². The molecular weight excluding hydrogens is 426 g/mol. The van der Waals surface area contributed by atoms with Gasteiger partial charge in [-0.15, -0.1) is 0 Å². The normalized spacial score (nSPS) is 10.8. The molecule has 0 saturated carbocycles. The number of aromatic amines is 1. The molecule has 0 radical (unpaired) electrons. The molecule has 0 saturated heterocycles. The first-order valence-corrected chi connectivity index (χ1v) is 10.7. The molecule has 2 N–H and O–H groups in total. The Balaban J connectivity index is 1.51. The number of halogens is 1. The van der Waals surface area contributed by atoms with Crippen LogP contribution in [-0.2, 0) is 11.2 Å². The minimum atomic E-state index is -0.0891. The third-order valence-electron chi connectivity index (χ3n) is 5.30. The monoisotopic (exact) mass is 449 g/mol. The molecule has 1 amide bonds. The van der Waals surface area contributed by atoms with Crippen molar-refractivity contribution < 1.29 is 14.3 Å². The average molecular weight is 450 g/mol. The lowest BCUT2D eigenvalue weighted by Gasteiger charge is -2.12. The van der Waals surface area contributed by atoms with E-state index in [0.717, 1.165) is 27.9 Å². The van der Waals surface area contributed by atoms with Crippen molar-refractivity contribution in [2.45, 2.75) is 19.3 Å². The number of hydrogen-bond acceptors (Lipinski definition) is 4. The molecule has 4 aromatic rings. The van der Waals surface area contributed by atoms with Gasteiger partial charge in [-0.3, -0.25) is 9.78 Å². The van der Waals surface area contributed by atoms with Gasteiger partial charge >= 0.3 is 0 Å². The zero-order valence-corrected chi connectivity index (χ0v) is 18.7. The number of nitrogens with zero attached hydrogens (tertiary/aromatic N) is 1. The van der Waals surface area contributed by atoms with E-state index in [1.54, 1.807) is 38.6 Å². The van der Waals surface area contributed by atoms with Crippen molar-refractivity contribution in [1.29, 1.82) is 0 Å². The molecule has 0 unspecified atom stereocenters. The topological polar surface area (TPSA) is 76.2 Å². The summed E-state index contributed by atoms with van der Waals surface area (Å²) in [4.78, 5) is 20.6. The van der Waals surface area contributed by atoms with Crippen molar-refractivity contribution in [3.8, 4) is 22.9 Å². The molecule has 0 fully saturated rings. The molecule has 2 aromatic carbocycles. The van der Waals surface area contributed by atoms with E-state index >= 15 is 0 Å². The fourth-order valence-electron chi connectivity index (χ4n) is 3.76. The number of H-pyrrole nitrogens is 1. The Bertz CT molecular complexity index is 1240. The van der Waals surface area contributed by atoms with Gasteiger partial charge in [-0.2, -0.15) is 0 Å². The van der Waals surface area contributed by atoms with E-state index < -0.39 is 0 Å². The van der Waals surface area contributed by atoms with Gasteiger partial charge in [0.25, 0.3) is 0 Å². The second kappa shape index (κ2) is 9.75. The number of rotatable bonds is 8. The standard InChI is InChI=1S/C25H24ClN3O3/c1-31-17-10-12-23(32-2)22(15-17)28-24(30)8-5-6-18-19-14-16(26)9-11-20(19)29-25(18)21-7-3-4-13-27-21/h3-4,7,9-15,29H,5-6,8H2,1-2H3,(H,28,30). The number of carbonyl (C=O) groups is 1. The van der Waals surface area contributed by atoms with E-state index in [-0.39, 0.29) is 5.91 Å². The number of aryl methyl sites for hydroxylation is 1. The van der Waals surface area contributed by atoms with Gasteiger partial charge in [0.15, 0.2) is 0 Å². The first-order chi connectivity index (χ1) is 15.6. The largest absolute Gasteiger partial charge is 0.497 e. The number of amides is 1. The quantitative estimate of drug-likeness (QED) is 0.353. The van der Waals surface area contributed by atoms with Crippen LogP contribution < -0.4 is 14.8 Å². The van der Waals surface area contributed by atoms with Gasteiger partial charge in [-0.25, -0.2) is 0 Å². The smallest absolute Gasteiger partial charge is 0.224 e. The number of nitrogens with one attached hydrogen (secondary N) is 2.